The quantitative estimate of drug-likeness (QED) is 0.861. The summed E-state index contributed by atoms with van der Waals surface area (Å²) in [6, 6.07) is 17.0. The Kier molecular flexibility index (Phi) is 3.39. The van der Waals surface area contributed by atoms with Gasteiger partial charge in [-0.15, -0.1) is 0 Å². The summed E-state index contributed by atoms with van der Waals surface area (Å²) >= 11 is 0. The van der Waals surface area contributed by atoms with Gasteiger partial charge in [0, 0.05) is 0 Å². The molecule has 0 bridgehead atoms. The molecule has 2 heteroatoms. The van der Waals surface area contributed by atoms with Gasteiger partial charge in [-0.2, -0.15) is 0 Å². The van der Waals surface area contributed by atoms with Gasteiger partial charge in [-0.25, -0.2) is 0 Å². The van der Waals surface area contributed by atoms with Crippen LogP contribution in [-0.4, -0.2) is 6.04 Å². The zero-order valence-corrected chi connectivity index (χ0v) is 12.3. The minimum Gasteiger partial charge on any atom is -0.481 e. The molecule has 2 atom stereocenters. The van der Waals surface area contributed by atoms with E-state index in [2.05, 4.69) is 68.6 Å². The smallest absolute Gasteiger partial charge is 0.146 e. The SMILES string of the molecule is Cc1cccc2c1OC(c1ccccc1)C(C(C)C)N2. The number of fused-ring (bicyclic) bond motifs is 1. The third kappa shape index (κ3) is 2.26. The average Bonchev–Trinajstić information content (AvgIpc) is 2.47. The largest absolute Gasteiger partial charge is 0.481 e. The van der Waals surface area contributed by atoms with Crippen LogP contribution >= 0.6 is 0 Å². The second-order valence-electron chi connectivity index (χ2n) is 5.81. The maximum Gasteiger partial charge on any atom is 0.146 e. The summed E-state index contributed by atoms with van der Waals surface area (Å²) in [6.07, 6.45) is 0.0600. The van der Waals surface area contributed by atoms with Gasteiger partial charge in [0.1, 0.15) is 11.9 Å². The van der Waals surface area contributed by atoms with E-state index in [1.165, 1.54) is 11.1 Å². The molecule has 0 fully saturated rings. The molecule has 0 aromatic heterocycles. The second-order valence-corrected chi connectivity index (χ2v) is 5.81. The van der Waals surface area contributed by atoms with E-state index in [0.717, 1.165) is 11.4 Å². The van der Waals surface area contributed by atoms with Crippen LogP contribution in [0, 0.1) is 12.8 Å². The van der Waals surface area contributed by atoms with Crippen LogP contribution in [-0.2, 0) is 0 Å². The molecule has 0 aliphatic carbocycles. The van der Waals surface area contributed by atoms with Crippen molar-refractivity contribution in [2.75, 3.05) is 5.32 Å². The third-order valence-corrected chi connectivity index (χ3v) is 3.95. The maximum atomic E-state index is 6.36. The third-order valence-electron chi connectivity index (χ3n) is 3.95. The van der Waals surface area contributed by atoms with Gasteiger partial charge in [0.25, 0.3) is 0 Å². The van der Waals surface area contributed by atoms with E-state index < -0.39 is 0 Å². The summed E-state index contributed by atoms with van der Waals surface area (Å²) < 4.78 is 6.36. The first-order valence-corrected chi connectivity index (χ1v) is 7.24. The molecule has 1 heterocycles. The van der Waals surface area contributed by atoms with Crippen molar-refractivity contribution < 1.29 is 4.74 Å². The first-order valence-electron chi connectivity index (χ1n) is 7.24. The fourth-order valence-electron chi connectivity index (χ4n) is 2.81. The molecule has 2 aromatic rings. The Morgan fingerprint density at radius 2 is 1.75 bits per heavy atom. The molecule has 1 aliphatic rings. The van der Waals surface area contributed by atoms with Crippen molar-refractivity contribution in [3.8, 4) is 5.75 Å². The Bertz CT molecular complexity index is 592. The van der Waals surface area contributed by atoms with E-state index >= 15 is 0 Å². The van der Waals surface area contributed by atoms with Crippen LogP contribution in [0.1, 0.15) is 31.1 Å². The first-order chi connectivity index (χ1) is 9.66. The van der Waals surface area contributed by atoms with Crippen molar-refractivity contribution in [1.29, 1.82) is 0 Å². The maximum absolute atomic E-state index is 6.36. The summed E-state index contributed by atoms with van der Waals surface area (Å²) in [5.74, 6) is 1.48. The fourth-order valence-corrected chi connectivity index (χ4v) is 2.81. The fraction of sp³-hybridized carbons (Fsp3) is 0.333. The minimum absolute atomic E-state index is 0.0600. The predicted molar refractivity (Wildman–Crippen MR) is 83.2 cm³/mol. The van der Waals surface area contributed by atoms with Gasteiger partial charge >= 0.3 is 0 Å². The van der Waals surface area contributed by atoms with E-state index in [0.29, 0.717) is 5.92 Å². The molecule has 20 heavy (non-hydrogen) atoms. The molecular weight excluding hydrogens is 246 g/mol. The van der Waals surface area contributed by atoms with Gasteiger partial charge in [-0.3, -0.25) is 0 Å². The molecule has 1 N–H and O–H groups in total. The first kappa shape index (κ1) is 13.0. The summed E-state index contributed by atoms with van der Waals surface area (Å²) in [5, 5.41) is 3.66. The van der Waals surface area contributed by atoms with E-state index in [1.54, 1.807) is 0 Å². The number of hydrogen-bond acceptors (Lipinski definition) is 2. The number of anilines is 1. The van der Waals surface area contributed by atoms with Crippen LogP contribution in [0.2, 0.25) is 0 Å². The Balaban J connectivity index is 2.03. The standard InChI is InChI=1S/C18H21NO/c1-12(2)16-18(14-9-5-4-6-10-14)20-17-13(3)8-7-11-15(17)19-16/h4-12,16,18-19H,1-3H3. The van der Waals surface area contributed by atoms with Crippen molar-refractivity contribution in [2.24, 2.45) is 5.92 Å². The van der Waals surface area contributed by atoms with Gasteiger partial charge in [0.2, 0.25) is 0 Å². The lowest BCUT2D eigenvalue weighted by atomic mass is 9.91. The average molecular weight is 267 g/mol. The molecule has 2 unspecified atom stereocenters. The number of aryl methyl sites for hydroxylation is 1. The molecule has 0 spiro atoms. The Labute approximate surface area is 120 Å². The zero-order chi connectivity index (χ0) is 14.1. The summed E-state index contributed by atoms with van der Waals surface area (Å²) in [4.78, 5) is 0. The molecule has 0 saturated heterocycles. The van der Waals surface area contributed by atoms with E-state index in [1.807, 2.05) is 6.07 Å². The zero-order valence-electron chi connectivity index (χ0n) is 12.3. The normalized spacial score (nSPS) is 21.0. The lowest BCUT2D eigenvalue weighted by Crippen LogP contribution is -2.39. The molecule has 2 aromatic carbocycles. The molecule has 2 nitrogen and oxygen atoms in total. The number of ether oxygens (including phenoxy) is 1. The number of nitrogens with one attached hydrogen (secondary N) is 1. The molecule has 1 aliphatic heterocycles. The number of hydrogen-bond donors (Lipinski definition) is 1. The van der Waals surface area contributed by atoms with Gasteiger partial charge in [-0.1, -0.05) is 56.3 Å². The second kappa shape index (κ2) is 5.20. The highest BCUT2D eigenvalue weighted by molar-refractivity contribution is 5.62. The van der Waals surface area contributed by atoms with Crippen LogP contribution in [0.5, 0.6) is 5.75 Å². The lowest BCUT2D eigenvalue weighted by molar-refractivity contribution is 0.148. The van der Waals surface area contributed by atoms with Crippen molar-refractivity contribution in [3.63, 3.8) is 0 Å². The van der Waals surface area contributed by atoms with E-state index in [-0.39, 0.29) is 12.1 Å². The molecule has 3 rings (SSSR count). The van der Waals surface area contributed by atoms with Gasteiger partial charge in [-0.05, 0) is 30.0 Å². The Morgan fingerprint density at radius 3 is 2.45 bits per heavy atom. The van der Waals surface area contributed by atoms with Crippen LogP contribution in [0.15, 0.2) is 48.5 Å². The van der Waals surface area contributed by atoms with Crippen molar-refractivity contribution in [3.05, 3.63) is 59.7 Å². The highest BCUT2D eigenvalue weighted by Gasteiger charge is 2.33. The highest BCUT2D eigenvalue weighted by atomic mass is 16.5. The highest BCUT2D eigenvalue weighted by Crippen LogP contribution is 2.41. The van der Waals surface area contributed by atoms with Crippen LogP contribution < -0.4 is 10.1 Å². The molecule has 0 radical (unpaired) electrons. The van der Waals surface area contributed by atoms with Gasteiger partial charge < -0.3 is 10.1 Å². The van der Waals surface area contributed by atoms with E-state index in [9.17, 15) is 0 Å². The number of rotatable bonds is 2. The predicted octanol–water partition coefficient (Wildman–Crippen LogP) is 4.57. The van der Waals surface area contributed by atoms with Crippen molar-refractivity contribution in [2.45, 2.75) is 32.9 Å². The van der Waals surface area contributed by atoms with Crippen LogP contribution in [0.4, 0.5) is 5.69 Å². The minimum atomic E-state index is 0.0600. The van der Waals surface area contributed by atoms with Crippen molar-refractivity contribution in [1.82, 2.24) is 0 Å². The van der Waals surface area contributed by atoms with Crippen LogP contribution in [0.25, 0.3) is 0 Å². The summed E-state index contributed by atoms with van der Waals surface area (Å²) in [7, 11) is 0. The Morgan fingerprint density at radius 1 is 1.00 bits per heavy atom. The summed E-state index contributed by atoms with van der Waals surface area (Å²) in [6.45, 7) is 6.56. The van der Waals surface area contributed by atoms with Crippen molar-refractivity contribution >= 4 is 5.69 Å². The monoisotopic (exact) mass is 267 g/mol. The molecule has 0 amide bonds. The van der Waals surface area contributed by atoms with Crippen LogP contribution in [0.3, 0.4) is 0 Å². The number of para-hydroxylation sites is 1. The summed E-state index contributed by atoms with van der Waals surface area (Å²) in [5.41, 5.74) is 3.52. The number of benzene rings is 2. The Hall–Kier alpha value is -1.96. The molecular formula is C18H21NO. The van der Waals surface area contributed by atoms with E-state index in [4.69, 9.17) is 4.74 Å². The van der Waals surface area contributed by atoms with Gasteiger partial charge in [0.15, 0.2) is 0 Å². The lowest BCUT2D eigenvalue weighted by Gasteiger charge is -2.38. The van der Waals surface area contributed by atoms with Gasteiger partial charge in [0.05, 0.1) is 11.7 Å². The molecule has 0 saturated carbocycles. The topological polar surface area (TPSA) is 21.3 Å². The molecule has 104 valence electrons.